The maximum Gasteiger partial charge on any atom is 0.284 e. The van der Waals surface area contributed by atoms with E-state index in [4.69, 9.17) is 10.5 Å². The van der Waals surface area contributed by atoms with Crippen LogP contribution in [-0.2, 0) is 26.2 Å². The molecular formula is C44H49N9O7S. The highest BCUT2D eigenvalue weighted by atomic mass is 32.2. The smallest absolute Gasteiger partial charge is 0.284 e. The van der Waals surface area contributed by atoms with Crippen LogP contribution in [0.15, 0.2) is 88.4 Å². The number of aromatic nitrogens is 2. The van der Waals surface area contributed by atoms with Crippen molar-refractivity contribution in [3.8, 4) is 5.75 Å². The third-order valence-electron chi connectivity index (χ3n) is 13.1. The van der Waals surface area contributed by atoms with Crippen LogP contribution in [0.1, 0.15) is 70.9 Å². The summed E-state index contributed by atoms with van der Waals surface area (Å²) in [6.45, 7) is 9.06. The van der Waals surface area contributed by atoms with E-state index in [2.05, 4.69) is 36.4 Å². The van der Waals surface area contributed by atoms with Gasteiger partial charge in [0.25, 0.3) is 21.8 Å². The molecule has 9 rings (SSSR count). The molecule has 1 aromatic heterocycles. The number of piperidine rings is 2. The SMILES string of the molecule is COc1cc(Cn2cccn2)ccc1C(N)=NS(=O)(=O)c1cccc(N2CC3(CCN(CC4(C)CCN(c5ccc6c(c5)C(=O)N(C5CCC(=O)NC5=O)C6=O)C4)CC3)C2)c1. The van der Waals surface area contributed by atoms with E-state index in [-0.39, 0.29) is 40.0 Å². The van der Waals surface area contributed by atoms with Crippen molar-refractivity contribution in [1.29, 1.82) is 0 Å². The Bertz CT molecular complexity index is 2560. The van der Waals surface area contributed by atoms with Crippen LogP contribution in [0.2, 0.25) is 0 Å². The number of imide groups is 2. The topological polar surface area (TPSA) is 193 Å². The largest absolute Gasteiger partial charge is 0.496 e. The van der Waals surface area contributed by atoms with Gasteiger partial charge < -0.3 is 25.2 Å². The van der Waals surface area contributed by atoms with E-state index < -0.39 is 39.7 Å². The maximum absolute atomic E-state index is 13.5. The number of likely N-dealkylation sites (tertiary alicyclic amines) is 1. The van der Waals surface area contributed by atoms with E-state index in [1.54, 1.807) is 53.3 Å². The highest BCUT2D eigenvalue weighted by molar-refractivity contribution is 7.90. The van der Waals surface area contributed by atoms with Gasteiger partial charge in [-0.15, -0.1) is 4.40 Å². The summed E-state index contributed by atoms with van der Waals surface area (Å²) in [7, 11) is -2.61. The molecule has 4 saturated heterocycles. The predicted molar refractivity (Wildman–Crippen MR) is 227 cm³/mol. The minimum absolute atomic E-state index is 0.0286. The van der Waals surface area contributed by atoms with E-state index in [9.17, 15) is 27.6 Å². The number of hydrogen-bond acceptors (Lipinski definition) is 11. The Morgan fingerprint density at radius 3 is 2.41 bits per heavy atom. The van der Waals surface area contributed by atoms with Gasteiger partial charge >= 0.3 is 0 Å². The zero-order valence-electron chi connectivity index (χ0n) is 34.2. The van der Waals surface area contributed by atoms with Gasteiger partial charge in [0, 0.05) is 68.3 Å². The molecule has 2 atom stereocenters. The van der Waals surface area contributed by atoms with Gasteiger partial charge in [-0.25, -0.2) is 0 Å². The van der Waals surface area contributed by atoms with Crippen molar-refractivity contribution >= 4 is 50.9 Å². The second-order valence-electron chi connectivity index (χ2n) is 17.5. The molecule has 3 N–H and O–H groups in total. The van der Waals surface area contributed by atoms with Gasteiger partial charge in [0.05, 0.1) is 35.2 Å². The highest BCUT2D eigenvalue weighted by Gasteiger charge is 2.47. The summed E-state index contributed by atoms with van der Waals surface area (Å²) in [4.78, 5) is 59.0. The van der Waals surface area contributed by atoms with Crippen LogP contribution in [0, 0.1) is 10.8 Å². The van der Waals surface area contributed by atoms with Crippen molar-refractivity contribution in [3.05, 3.63) is 101 Å². The molecule has 17 heteroatoms. The van der Waals surface area contributed by atoms with Crippen LogP contribution in [0.5, 0.6) is 5.75 Å². The van der Waals surface area contributed by atoms with E-state index in [0.717, 1.165) is 86.9 Å². The Morgan fingerprint density at radius 1 is 0.902 bits per heavy atom. The number of carbonyl (C=O) groups excluding carboxylic acids is 4. The average molecular weight is 848 g/mol. The first kappa shape index (κ1) is 40.3. The molecule has 5 aliphatic rings. The third-order valence-corrected chi connectivity index (χ3v) is 14.4. The van der Waals surface area contributed by atoms with Crippen LogP contribution < -0.4 is 25.6 Å². The van der Waals surface area contributed by atoms with Gasteiger partial charge in [0.1, 0.15) is 17.6 Å². The molecule has 0 bridgehead atoms. The number of nitrogens with one attached hydrogen (secondary N) is 1. The number of nitrogens with zero attached hydrogens (tertiary/aromatic N) is 7. The molecule has 0 radical (unpaired) electrons. The lowest BCUT2D eigenvalue weighted by Gasteiger charge is -2.55. The number of nitrogens with two attached hydrogens (primary N) is 1. The average Bonchev–Trinajstić information content (AvgIpc) is 3.95. The summed E-state index contributed by atoms with van der Waals surface area (Å²) < 4.78 is 38.4. The number of fused-ring (bicyclic) bond motifs is 1. The van der Waals surface area contributed by atoms with Crippen molar-refractivity contribution in [2.45, 2.75) is 56.5 Å². The van der Waals surface area contributed by atoms with Crippen LogP contribution in [-0.4, -0.2) is 116 Å². The monoisotopic (exact) mass is 847 g/mol. The molecule has 3 aromatic carbocycles. The fourth-order valence-electron chi connectivity index (χ4n) is 9.72. The fraction of sp³-hybridized carbons (Fsp3) is 0.409. The number of anilines is 2. The summed E-state index contributed by atoms with van der Waals surface area (Å²) in [5, 5.41) is 6.48. The van der Waals surface area contributed by atoms with Crippen molar-refractivity contribution in [1.82, 2.24) is 24.9 Å². The number of ether oxygens (including phenoxy) is 1. The Labute approximate surface area is 354 Å². The standard InChI is InChI=1S/C44H49N9O7S/c1-43(13-20-50(26-43)31-8-10-33-35(23-31)42(57)53(41(33)56)36-11-12-38(54)47-40(36)55)25-49-18-14-44(15-19-49)27-51(28-44)30-5-3-6-32(22-30)61(58,59)48-39(45)34-9-7-29(21-37(34)60-2)24-52-17-4-16-46-52/h3-10,16-17,21-23,36H,11-15,18-20,24-28H2,1-2H3,(H2,45,48)(H,47,54,55). The van der Waals surface area contributed by atoms with Crippen LogP contribution in [0.4, 0.5) is 11.4 Å². The molecule has 4 amide bonds. The number of sulfonamides is 1. The quantitative estimate of drug-likeness (QED) is 0.127. The van der Waals surface area contributed by atoms with Crippen LogP contribution in [0.3, 0.4) is 0 Å². The predicted octanol–water partition coefficient (Wildman–Crippen LogP) is 3.25. The summed E-state index contributed by atoms with van der Waals surface area (Å²) >= 11 is 0. The van der Waals surface area contributed by atoms with Gasteiger partial charge in [-0.3, -0.25) is 34.1 Å². The number of methoxy groups -OCH3 is 1. The number of amides is 4. The van der Waals surface area contributed by atoms with Gasteiger partial charge in [-0.05, 0) is 104 Å². The van der Waals surface area contributed by atoms with Gasteiger partial charge in [0.2, 0.25) is 11.8 Å². The summed E-state index contributed by atoms with van der Waals surface area (Å²) in [5.74, 6) is -1.75. The van der Waals surface area contributed by atoms with E-state index in [1.165, 1.54) is 7.11 Å². The summed E-state index contributed by atoms with van der Waals surface area (Å²) in [5.41, 5.74) is 10.1. The second kappa shape index (κ2) is 15.4. The van der Waals surface area contributed by atoms with Crippen molar-refractivity contribution in [3.63, 3.8) is 0 Å². The number of carbonyl (C=O) groups is 4. The summed E-state index contributed by atoms with van der Waals surface area (Å²) in [6.07, 6.45) is 6.85. The minimum atomic E-state index is -4.12. The second-order valence-corrected chi connectivity index (χ2v) is 19.1. The van der Waals surface area contributed by atoms with Crippen molar-refractivity contribution in [2.75, 3.05) is 62.7 Å². The molecule has 2 unspecified atom stereocenters. The lowest BCUT2D eigenvalue weighted by atomic mass is 9.71. The zero-order chi connectivity index (χ0) is 42.7. The molecule has 6 heterocycles. The van der Waals surface area contributed by atoms with E-state index in [0.29, 0.717) is 23.4 Å². The minimum Gasteiger partial charge on any atom is -0.496 e. The van der Waals surface area contributed by atoms with Gasteiger partial charge in [-0.2, -0.15) is 13.5 Å². The molecule has 4 aromatic rings. The molecule has 5 aliphatic heterocycles. The first-order chi connectivity index (χ1) is 29.2. The molecule has 16 nitrogen and oxygen atoms in total. The third kappa shape index (κ3) is 7.76. The van der Waals surface area contributed by atoms with E-state index >= 15 is 0 Å². The molecule has 0 saturated carbocycles. The first-order valence-electron chi connectivity index (χ1n) is 20.7. The Hall–Kier alpha value is -6.07. The Morgan fingerprint density at radius 2 is 1.67 bits per heavy atom. The normalized spacial score (nSPS) is 23.1. The zero-order valence-corrected chi connectivity index (χ0v) is 35.1. The lowest BCUT2D eigenvalue weighted by molar-refractivity contribution is -0.136. The molecular weight excluding hydrogens is 799 g/mol. The van der Waals surface area contributed by atoms with Gasteiger partial charge in [0.15, 0.2) is 0 Å². The number of rotatable bonds is 11. The molecule has 61 heavy (non-hydrogen) atoms. The lowest BCUT2D eigenvalue weighted by Crippen LogP contribution is -2.61. The Balaban J connectivity index is 0.783. The van der Waals surface area contributed by atoms with Crippen molar-refractivity contribution < 1.29 is 32.3 Å². The van der Waals surface area contributed by atoms with Gasteiger partial charge in [-0.1, -0.05) is 19.1 Å². The number of benzene rings is 3. The van der Waals surface area contributed by atoms with E-state index in [1.807, 2.05) is 30.5 Å². The van der Waals surface area contributed by atoms with Crippen LogP contribution >= 0.6 is 0 Å². The maximum atomic E-state index is 13.5. The fourth-order valence-corrected chi connectivity index (χ4v) is 10.7. The molecule has 0 aliphatic carbocycles. The summed E-state index contributed by atoms with van der Waals surface area (Å²) in [6, 6.07) is 18.4. The molecule has 1 spiro atoms. The highest BCUT2D eigenvalue weighted by Crippen LogP contribution is 2.44. The number of amidine groups is 1. The van der Waals surface area contributed by atoms with Crippen LogP contribution in [0.25, 0.3) is 0 Å². The number of hydrogen-bond donors (Lipinski definition) is 2. The van der Waals surface area contributed by atoms with Crippen molar-refractivity contribution in [2.24, 2.45) is 21.0 Å². The first-order valence-corrected chi connectivity index (χ1v) is 22.1. The molecule has 318 valence electrons. The Kier molecular flexibility index (Phi) is 10.2. The molecule has 4 fully saturated rings.